The van der Waals surface area contributed by atoms with E-state index in [2.05, 4.69) is 3.96 Å². The molecule has 0 amide bonds. The SMILES string of the molecule is CN(C)CC(=O)n1c2ccccc2sn(C)c2ccc(Cl)cc21. The Kier molecular flexibility index (Phi) is 4.43. The Morgan fingerprint density at radius 1 is 1.13 bits per heavy atom. The van der Waals surface area contributed by atoms with E-state index in [1.54, 1.807) is 16.1 Å². The maximum absolute atomic E-state index is 12.9. The molecule has 0 aliphatic heterocycles. The first-order valence-electron chi connectivity index (χ1n) is 7.25. The van der Waals surface area contributed by atoms with Crippen molar-refractivity contribution >= 4 is 50.3 Å². The third kappa shape index (κ3) is 3.13. The van der Waals surface area contributed by atoms with Gasteiger partial charge in [0, 0.05) is 12.1 Å². The molecule has 1 heterocycles. The summed E-state index contributed by atoms with van der Waals surface area (Å²) in [7, 11) is 5.77. The second kappa shape index (κ2) is 6.35. The number of likely N-dealkylation sites (N-methyl/N-ethyl adjacent to an activating group) is 1. The molecule has 1 aromatic heterocycles. The first-order valence-corrected chi connectivity index (χ1v) is 8.40. The van der Waals surface area contributed by atoms with Gasteiger partial charge in [-0.3, -0.25) is 13.3 Å². The van der Waals surface area contributed by atoms with Gasteiger partial charge in [0.15, 0.2) is 0 Å². The van der Waals surface area contributed by atoms with Crippen LogP contribution in [0.3, 0.4) is 0 Å². The minimum absolute atomic E-state index is 0.0156. The molecule has 3 rings (SSSR count). The minimum atomic E-state index is 0.0156. The summed E-state index contributed by atoms with van der Waals surface area (Å²) in [6.07, 6.45) is 0. The van der Waals surface area contributed by atoms with Gasteiger partial charge in [-0.25, -0.2) is 0 Å². The van der Waals surface area contributed by atoms with Crippen LogP contribution in [0, 0.1) is 0 Å². The van der Waals surface area contributed by atoms with Crippen molar-refractivity contribution in [1.29, 1.82) is 0 Å². The normalized spacial score (nSPS) is 11.3. The summed E-state index contributed by atoms with van der Waals surface area (Å²) < 4.78 is 4.87. The highest BCUT2D eigenvalue weighted by atomic mass is 35.5. The lowest BCUT2D eigenvalue weighted by Crippen LogP contribution is -2.26. The van der Waals surface area contributed by atoms with E-state index in [0.29, 0.717) is 11.6 Å². The zero-order valence-electron chi connectivity index (χ0n) is 13.3. The topological polar surface area (TPSA) is 30.2 Å². The number of rotatable bonds is 2. The predicted octanol–water partition coefficient (Wildman–Crippen LogP) is 4.17. The number of hydrogen-bond donors (Lipinski definition) is 0. The lowest BCUT2D eigenvalue weighted by atomic mass is 10.2. The molecular formula is C17H18ClN3OS. The molecule has 120 valence electrons. The summed E-state index contributed by atoms with van der Waals surface area (Å²) in [5.41, 5.74) is 2.66. The lowest BCUT2D eigenvalue weighted by Gasteiger charge is -2.13. The van der Waals surface area contributed by atoms with E-state index in [1.807, 2.05) is 68.5 Å². The fourth-order valence-corrected chi connectivity index (χ4v) is 3.70. The van der Waals surface area contributed by atoms with E-state index >= 15 is 0 Å². The summed E-state index contributed by atoms with van der Waals surface area (Å²) in [5.74, 6) is 0.0156. The molecule has 23 heavy (non-hydrogen) atoms. The van der Waals surface area contributed by atoms with Crippen molar-refractivity contribution in [3.8, 4) is 0 Å². The van der Waals surface area contributed by atoms with Crippen LogP contribution in [0.1, 0.15) is 4.79 Å². The van der Waals surface area contributed by atoms with E-state index in [-0.39, 0.29) is 5.91 Å². The molecule has 0 atom stereocenters. The van der Waals surface area contributed by atoms with Gasteiger partial charge in [0.1, 0.15) is 0 Å². The minimum Gasteiger partial charge on any atom is -0.301 e. The number of fused-ring (bicyclic) bond motifs is 2. The Bertz CT molecular complexity index is 934. The Morgan fingerprint density at radius 3 is 2.61 bits per heavy atom. The highest BCUT2D eigenvalue weighted by Crippen LogP contribution is 2.26. The molecule has 0 radical (unpaired) electrons. The van der Waals surface area contributed by atoms with Crippen molar-refractivity contribution < 1.29 is 4.79 Å². The summed E-state index contributed by atoms with van der Waals surface area (Å²) in [4.78, 5) is 14.8. The number of benzene rings is 2. The van der Waals surface area contributed by atoms with E-state index in [9.17, 15) is 4.79 Å². The van der Waals surface area contributed by atoms with Crippen molar-refractivity contribution in [2.75, 3.05) is 20.6 Å². The van der Waals surface area contributed by atoms with Crippen LogP contribution in [0.5, 0.6) is 0 Å². The smallest absolute Gasteiger partial charge is 0.245 e. The molecule has 6 heteroatoms. The van der Waals surface area contributed by atoms with Crippen LogP contribution in [-0.4, -0.2) is 40.0 Å². The van der Waals surface area contributed by atoms with Gasteiger partial charge >= 0.3 is 0 Å². The Labute approximate surface area is 144 Å². The Balaban J connectivity index is 2.51. The van der Waals surface area contributed by atoms with Gasteiger partial charge in [0.05, 0.1) is 27.8 Å². The van der Waals surface area contributed by atoms with Gasteiger partial charge < -0.3 is 4.90 Å². The van der Waals surface area contributed by atoms with Crippen molar-refractivity contribution in [1.82, 2.24) is 13.4 Å². The molecule has 0 bridgehead atoms. The zero-order valence-corrected chi connectivity index (χ0v) is 14.9. The van der Waals surface area contributed by atoms with Crippen LogP contribution < -0.4 is 0 Å². The van der Waals surface area contributed by atoms with Crippen LogP contribution in [0.15, 0.2) is 42.5 Å². The molecule has 4 nitrogen and oxygen atoms in total. The Hall–Kier alpha value is -1.82. The maximum atomic E-state index is 12.9. The number of nitrogens with zero attached hydrogens (tertiary/aromatic N) is 3. The largest absolute Gasteiger partial charge is 0.301 e. The molecule has 0 spiro atoms. The molecule has 0 N–H and O–H groups in total. The molecule has 0 saturated carbocycles. The number of carbonyl (C=O) groups is 1. The molecule has 0 fully saturated rings. The molecule has 0 aliphatic carbocycles. The van der Waals surface area contributed by atoms with Crippen LogP contribution in [0.4, 0.5) is 0 Å². The fraction of sp³-hybridized carbons (Fsp3) is 0.235. The first-order chi connectivity index (χ1) is 11.0. The molecule has 2 aromatic carbocycles. The summed E-state index contributed by atoms with van der Waals surface area (Å²) >= 11 is 7.81. The summed E-state index contributed by atoms with van der Waals surface area (Å²) in [6.45, 7) is 0.328. The zero-order chi connectivity index (χ0) is 16.6. The second-order valence-corrected chi connectivity index (χ2v) is 7.26. The predicted molar refractivity (Wildman–Crippen MR) is 98.1 cm³/mol. The number of halogens is 1. The number of aromatic nitrogens is 2. The van der Waals surface area contributed by atoms with E-state index in [1.165, 1.54) is 0 Å². The van der Waals surface area contributed by atoms with Crippen LogP contribution >= 0.6 is 23.1 Å². The average molecular weight is 348 g/mol. The number of para-hydroxylation sites is 1. The molecule has 3 aromatic rings. The van der Waals surface area contributed by atoms with Crippen molar-refractivity contribution in [3.63, 3.8) is 0 Å². The van der Waals surface area contributed by atoms with Crippen molar-refractivity contribution in [3.05, 3.63) is 47.5 Å². The van der Waals surface area contributed by atoms with Crippen molar-refractivity contribution in [2.24, 2.45) is 7.05 Å². The number of aryl methyl sites for hydroxylation is 1. The summed E-state index contributed by atoms with van der Waals surface area (Å²) in [5, 5.41) is 0.615. The standard InChI is InChI=1S/C17H18ClN3OS/c1-19(2)11-17(22)21-14-6-4-5-7-16(14)23-20(3)13-9-8-12(18)10-15(13)21/h4-10H,11H2,1-3H3. The van der Waals surface area contributed by atoms with E-state index in [4.69, 9.17) is 11.6 Å². The van der Waals surface area contributed by atoms with Gasteiger partial charge in [-0.05, 0) is 44.4 Å². The summed E-state index contributed by atoms with van der Waals surface area (Å²) in [6, 6.07) is 13.6. The third-order valence-corrected chi connectivity index (χ3v) is 4.81. The number of hydrogen-bond acceptors (Lipinski definition) is 3. The van der Waals surface area contributed by atoms with E-state index < -0.39 is 0 Å². The van der Waals surface area contributed by atoms with Gasteiger partial charge in [-0.15, -0.1) is 0 Å². The van der Waals surface area contributed by atoms with Gasteiger partial charge in [0.2, 0.25) is 5.91 Å². The van der Waals surface area contributed by atoms with Crippen LogP contribution in [-0.2, 0) is 7.05 Å². The van der Waals surface area contributed by atoms with Crippen LogP contribution in [0.25, 0.3) is 21.3 Å². The average Bonchev–Trinajstić information content (AvgIpc) is 2.60. The van der Waals surface area contributed by atoms with Crippen molar-refractivity contribution in [2.45, 2.75) is 0 Å². The molecule has 0 aliphatic rings. The first kappa shape index (κ1) is 16.1. The number of carbonyl (C=O) groups excluding carboxylic acids is 1. The monoisotopic (exact) mass is 347 g/mol. The molecule has 0 unspecified atom stereocenters. The maximum Gasteiger partial charge on any atom is 0.245 e. The van der Waals surface area contributed by atoms with Gasteiger partial charge in [-0.1, -0.05) is 35.3 Å². The highest BCUT2D eigenvalue weighted by molar-refractivity contribution is 7.13. The van der Waals surface area contributed by atoms with E-state index in [0.717, 1.165) is 21.3 Å². The lowest BCUT2D eigenvalue weighted by molar-refractivity contribution is 0.0886. The van der Waals surface area contributed by atoms with Gasteiger partial charge in [0.25, 0.3) is 0 Å². The van der Waals surface area contributed by atoms with Gasteiger partial charge in [-0.2, -0.15) is 0 Å². The van der Waals surface area contributed by atoms with Crippen LogP contribution in [0.2, 0.25) is 5.02 Å². The second-order valence-electron chi connectivity index (χ2n) is 5.66. The molecular weight excluding hydrogens is 330 g/mol. The fourth-order valence-electron chi connectivity index (χ4n) is 2.60. The third-order valence-electron chi connectivity index (χ3n) is 3.56. The Morgan fingerprint density at radius 2 is 1.87 bits per heavy atom. The molecule has 0 saturated heterocycles. The highest BCUT2D eigenvalue weighted by Gasteiger charge is 2.13. The quantitative estimate of drug-likeness (QED) is 0.696.